The summed E-state index contributed by atoms with van der Waals surface area (Å²) < 4.78 is 20.8. The molecule has 0 radical (unpaired) electrons. The van der Waals surface area contributed by atoms with Crippen molar-refractivity contribution < 1.29 is 9.13 Å². The van der Waals surface area contributed by atoms with Crippen LogP contribution in [0.25, 0.3) is 55.6 Å². The molecule has 0 bridgehead atoms. The smallest absolute Gasteiger partial charge is 0.138 e. The van der Waals surface area contributed by atoms with Crippen LogP contribution in [0.5, 0.6) is 5.75 Å². The second kappa shape index (κ2) is 13.3. The highest BCUT2D eigenvalue weighted by molar-refractivity contribution is 6.00. The summed E-state index contributed by atoms with van der Waals surface area (Å²) in [6, 6.07) is 17.5. The van der Waals surface area contributed by atoms with Gasteiger partial charge in [-0.15, -0.1) is 0 Å². The monoisotopic (exact) mass is 629 g/mol. The maximum Gasteiger partial charge on any atom is 0.138 e. The first-order valence-corrected chi connectivity index (χ1v) is 16.9. The number of halogens is 1. The largest absolute Gasteiger partial charge is 0.492 e. The lowest BCUT2D eigenvalue weighted by Gasteiger charge is -2.15. The fraction of sp³-hybridized carbons (Fsp3) is 0.342. The van der Waals surface area contributed by atoms with Crippen molar-refractivity contribution >= 4 is 21.9 Å². The van der Waals surface area contributed by atoms with Gasteiger partial charge in [0.15, 0.2) is 0 Å². The van der Waals surface area contributed by atoms with Gasteiger partial charge in [-0.25, -0.2) is 9.37 Å². The maximum atomic E-state index is 14.8. The van der Waals surface area contributed by atoms with Crippen molar-refractivity contribution in [3.63, 3.8) is 0 Å². The molecule has 2 aliphatic rings. The second-order valence-electron chi connectivity index (χ2n) is 13.1. The van der Waals surface area contributed by atoms with E-state index in [1.165, 1.54) is 50.2 Å². The summed E-state index contributed by atoms with van der Waals surface area (Å²) in [6.07, 6.45) is 13.5. The lowest BCUT2D eigenvalue weighted by Crippen LogP contribution is -2.25. The number of pyridine rings is 2. The van der Waals surface area contributed by atoms with Crippen LogP contribution in [0, 0.1) is 11.7 Å². The molecule has 1 saturated carbocycles. The third-order valence-electron chi connectivity index (χ3n) is 9.77. The van der Waals surface area contributed by atoms with Gasteiger partial charge >= 0.3 is 0 Å². The Morgan fingerprint density at radius 3 is 2.68 bits per heavy atom. The van der Waals surface area contributed by atoms with E-state index in [0.717, 1.165) is 88.6 Å². The van der Waals surface area contributed by atoms with Crippen LogP contribution >= 0.6 is 0 Å². The first-order valence-electron chi connectivity index (χ1n) is 16.9. The average Bonchev–Trinajstić information content (AvgIpc) is 3.91. The fourth-order valence-corrected chi connectivity index (χ4v) is 7.28. The third-order valence-corrected chi connectivity index (χ3v) is 9.77. The van der Waals surface area contributed by atoms with Crippen molar-refractivity contribution in [3.8, 4) is 39.4 Å². The Morgan fingerprint density at radius 2 is 1.79 bits per heavy atom. The van der Waals surface area contributed by atoms with Gasteiger partial charge in [0.1, 0.15) is 29.5 Å². The zero-order chi connectivity index (χ0) is 31.6. The van der Waals surface area contributed by atoms with Gasteiger partial charge in [0, 0.05) is 54.1 Å². The van der Waals surface area contributed by atoms with Crippen molar-refractivity contribution in [1.82, 2.24) is 35.4 Å². The fourth-order valence-electron chi connectivity index (χ4n) is 7.28. The van der Waals surface area contributed by atoms with E-state index in [-0.39, 0.29) is 5.82 Å². The predicted octanol–water partition coefficient (Wildman–Crippen LogP) is 7.73. The van der Waals surface area contributed by atoms with Crippen LogP contribution in [0.4, 0.5) is 4.39 Å². The maximum absolute atomic E-state index is 14.8. The minimum atomic E-state index is -0.326. The molecule has 5 heterocycles. The van der Waals surface area contributed by atoms with Crippen LogP contribution in [0.1, 0.15) is 44.1 Å². The Balaban J connectivity index is 1.05. The summed E-state index contributed by atoms with van der Waals surface area (Å²) in [5.41, 5.74) is 8.26. The molecule has 47 heavy (non-hydrogen) atoms. The molecule has 0 spiro atoms. The number of benzene rings is 2. The van der Waals surface area contributed by atoms with Gasteiger partial charge in [-0.3, -0.25) is 15.0 Å². The van der Waals surface area contributed by atoms with E-state index in [2.05, 4.69) is 60.6 Å². The van der Waals surface area contributed by atoms with E-state index in [4.69, 9.17) is 9.84 Å². The highest BCUT2D eigenvalue weighted by atomic mass is 19.1. The number of ether oxygens (including phenoxy) is 1. The molecule has 0 amide bonds. The van der Waals surface area contributed by atoms with Crippen LogP contribution in [0.2, 0.25) is 0 Å². The normalized spacial score (nSPS) is 15.8. The van der Waals surface area contributed by atoms with E-state index >= 15 is 0 Å². The lowest BCUT2D eigenvalue weighted by molar-refractivity contribution is 0.237. The molecule has 2 fully saturated rings. The molecule has 3 N–H and O–H groups in total. The van der Waals surface area contributed by atoms with E-state index in [1.54, 1.807) is 12.3 Å². The van der Waals surface area contributed by atoms with Crippen molar-refractivity contribution in [3.05, 3.63) is 84.6 Å². The van der Waals surface area contributed by atoms with Crippen LogP contribution < -0.4 is 10.1 Å². The molecular weight excluding hydrogens is 589 g/mol. The second-order valence-corrected chi connectivity index (χ2v) is 13.1. The van der Waals surface area contributed by atoms with Crippen LogP contribution in [-0.2, 0) is 6.54 Å². The molecule has 4 aromatic heterocycles. The number of fused-ring (bicyclic) bond motifs is 2. The summed E-state index contributed by atoms with van der Waals surface area (Å²) in [4.78, 5) is 15.0. The average molecular weight is 630 g/mol. The summed E-state index contributed by atoms with van der Waals surface area (Å²) in [5, 5.41) is 13.4. The number of aromatic amines is 2. The Bertz CT molecular complexity index is 2000. The van der Waals surface area contributed by atoms with Crippen LogP contribution in [0.3, 0.4) is 0 Å². The molecule has 1 aliphatic heterocycles. The number of hydrogen-bond donors (Lipinski definition) is 3. The van der Waals surface area contributed by atoms with Gasteiger partial charge in [-0.05, 0) is 116 Å². The molecule has 8 rings (SSSR count). The van der Waals surface area contributed by atoms with Crippen molar-refractivity contribution in [2.45, 2.75) is 45.1 Å². The van der Waals surface area contributed by atoms with Gasteiger partial charge in [0.2, 0.25) is 0 Å². The molecule has 0 unspecified atom stereocenters. The summed E-state index contributed by atoms with van der Waals surface area (Å²) in [7, 11) is 0. The number of likely N-dealkylation sites (tertiary alicyclic amines) is 1. The Kier molecular flexibility index (Phi) is 8.40. The zero-order valence-corrected chi connectivity index (χ0v) is 26.6. The number of aromatic nitrogens is 5. The predicted molar refractivity (Wildman–Crippen MR) is 185 cm³/mol. The number of nitrogens with zero attached hydrogens (tertiary/aromatic N) is 4. The quantitative estimate of drug-likeness (QED) is 0.136. The highest BCUT2D eigenvalue weighted by Crippen LogP contribution is 2.36. The molecular formula is C38H40FN7O. The van der Waals surface area contributed by atoms with Crippen LogP contribution in [0.15, 0.2) is 73.2 Å². The first kappa shape index (κ1) is 29.8. The molecule has 2 aromatic carbocycles. The Labute approximate surface area is 273 Å². The summed E-state index contributed by atoms with van der Waals surface area (Å²) >= 11 is 0. The van der Waals surface area contributed by atoms with Gasteiger partial charge in [-0.1, -0.05) is 18.9 Å². The van der Waals surface area contributed by atoms with Crippen LogP contribution in [-0.4, -0.2) is 62.8 Å². The lowest BCUT2D eigenvalue weighted by atomic mass is 10.0. The highest BCUT2D eigenvalue weighted by Gasteiger charge is 2.17. The zero-order valence-electron chi connectivity index (χ0n) is 26.6. The first-order chi connectivity index (χ1) is 23.2. The Morgan fingerprint density at radius 1 is 0.894 bits per heavy atom. The van der Waals surface area contributed by atoms with E-state index in [0.29, 0.717) is 18.0 Å². The van der Waals surface area contributed by atoms with Crippen molar-refractivity contribution in [2.75, 3.05) is 32.8 Å². The number of hydrogen-bond acceptors (Lipinski definition) is 6. The van der Waals surface area contributed by atoms with Crippen molar-refractivity contribution in [1.29, 1.82) is 0 Å². The molecule has 0 atom stereocenters. The van der Waals surface area contributed by atoms with E-state index in [9.17, 15) is 4.39 Å². The van der Waals surface area contributed by atoms with E-state index in [1.807, 2.05) is 24.5 Å². The Hall–Kier alpha value is -4.60. The molecule has 9 heteroatoms. The number of H-pyrrole nitrogens is 2. The van der Waals surface area contributed by atoms with Gasteiger partial charge < -0.3 is 15.0 Å². The number of rotatable bonds is 11. The van der Waals surface area contributed by atoms with Crippen molar-refractivity contribution in [2.24, 2.45) is 5.92 Å². The van der Waals surface area contributed by atoms with Gasteiger partial charge in [0.05, 0.1) is 11.2 Å². The standard InChI is InChI=1S/C38H40FN7O/c39-30-16-28(17-31(19-30)47-14-13-46-11-3-4-12-46)32-9-10-42-38-33(32)20-36(43-38)37-34-18-27(7-8-35(34)44-45-37)29-15-26(23-41-24-29)22-40-21-25-5-1-2-6-25/h7-10,15-20,23-25,40H,1-6,11-14,21-22H2,(H,42,43)(H,44,45). The molecule has 6 aromatic rings. The summed E-state index contributed by atoms with van der Waals surface area (Å²) in [5.74, 6) is 1.01. The minimum Gasteiger partial charge on any atom is -0.492 e. The molecule has 1 aliphatic carbocycles. The number of nitrogens with one attached hydrogen (secondary N) is 3. The minimum absolute atomic E-state index is 0.326. The molecule has 240 valence electrons. The van der Waals surface area contributed by atoms with Gasteiger partial charge in [0.25, 0.3) is 0 Å². The SMILES string of the molecule is Fc1cc(OCCN2CCCC2)cc(-c2ccnc3[nH]c(-c4n[nH]c5ccc(-c6cncc(CNCC7CCCC7)c6)cc45)cc23)c1. The summed E-state index contributed by atoms with van der Waals surface area (Å²) in [6.45, 7) is 5.50. The molecule has 8 nitrogen and oxygen atoms in total. The third kappa shape index (κ3) is 6.50. The van der Waals surface area contributed by atoms with E-state index < -0.39 is 0 Å². The molecule has 1 saturated heterocycles. The van der Waals surface area contributed by atoms with Gasteiger partial charge in [-0.2, -0.15) is 5.10 Å². The topological polar surface area (TPSA) is 94.8 Å².